The van der Waals surface area contributed by atoms with E-state index in [0.29, 0.717) is 25.3 Å². The number of esters is 1. The first-order valence-electron chi connectivity index (χ1n) is 5.88. The van der Waals surface area contributed by atoms with Gasteiger partial charge >= 0.3 is 5.97 Å². The SMILES string of the molecule is CCCN(CC(=O)OC)S(=O)(=O)CCC(C)C. The summed E-state index contributed by atoms with van der Waals surface area (Å²) in [6, 6.07) is 0. The minimum Gasteiger partial charge on any atom is -0.468 e. The molecule has 0 aromatic heterocycles. The third-order valence-corrected chi connectivity index (χ3v) is 4.20. The molecule has 0 aromatic rings. The van der Waals surface area contributed by atoms with Crippen molar-refractivity contribution in [2.75, 3.05) is 26.0 Å². The Morgan fingerprint density at radius 1 is 1.35 bits per heavy atom. The van der Waals surface area contributed by atoms with Gasteiger partial charge in [-0.3, -0.25) is 4.79 Å². The molecule has 0 aliphatic rings. The van der Waals surface area contributed by atoms with E-state index in [0.717, 1.165) is 0 Å². The van der Waals surface area contributed by atoms with Crippen molar-refractivity contribution in [1.82, 2.24) is 4.31 Å². The molecule has 5 nitrogen and oxygen atoms in total. The highest BCUT2D eigenvalue weighted by molar-refractivity contribution is 7.89. The molecule has 0 spiro atoms. The van der Waals surface area contributed by atoms with Crippen molar-refractivity contribution < 1.29 is 17.9 Å². The van der Waals surface area contributed by atoms with Gasteiger partial charge in [-0.2, -0.15) is 4.31 Å². The van der Waals surface area contributed by atoms with Gasteiger partial charge in [0, 0.05) is 6.54 Å². The smallest absolute Gasteiger partial charge is 0.321 e. The lowest BCUT2D eigenvalue weighted by molar-refractivity contribution is -0.140. The monoisotopic (exact) mass is 265 g/mol. The Kier molecular flexibility index (Phi) is 7.38. The molecule has 0 saturated heterocycles. The van der Waals surface area contributed by atoms with Crippen LogP contribution in [0.5, 0.6) is 0 Å². The molecule has 0 fully saturated rings. The third-order valence-electron chi connectivity index (χ3n) is 2.35. The van der Waals surface area contributed by atoms with E-state index in [4.69, 9.17) is 0 Å². The summed E-state index contributed by atoms with van der Waals surface area (Å²) < 4.78 is 29.7. The van der Waals surface area contributed by atoms with E-state index in [-0.39, 0.29) is 12.3 Å². The molecule has 0 aliphatic carbocycles. The summed E-state index contributed by atoms with van der Waals surface area (Å²) in [4.78, 5) is 11.2. The molecular weight excluding hydrogens is 242 g/mol. The number of hydrogen-bond acceptors (Lipinski definition) is 4. The van der Waals surface area contributed by atoms with Crippen molar-refractivity contribution >= 4 is 16.0 Å². The van der Waals surface area contributed by atoms with Crippen LogP contribution < -0.4 is 0 Å². The highest BCUT2D eigenvalue weighted by Crippen LogP contribution is 2.09. The number of carbonyl (C=O) groups excluding carboxylic acids is 1. The zero-order valence-corrected chi connectivity index (χ0v) is 11.9. The van der Waals surface area contributed by atoms with Crippen molar-refractivity contribution in [2.45, 2.75) is 33.6 Å². The van der Waals surface area contributed by atoms with Crippen LogP contribution in [0.15, 0.2) is 0 Å². The lowest BCUT2D eigenvalue weighted by atomic mass is 10.2. The number of sulfonamides is 1. The second-order valence-electron chi connectivity index (χ2n) is 4.41. The Morgan fingerprint density at radius 3 is 2.35 bits per heavy atom. The Labute approximate surface area is 104 Å². The quantitative estimate of drug-likeness (QED) is 0.620. The van der Waals surface area contributed by atoms with Gasteiger partial charge in [0.1, 0.15) is 6.54 Å². The van der Waals surface area contributed by atoms with Crippen LogP contribution in [0.4, 0.5) is 0 Å². The van der Waals surface area contributed by atoms with E-state index in [1.54, 1.807) is 0 Å². The highest BCUT2D eigenvalue weighted by Gasteiger charge is 2.24. The second kappa shape index (κ2) is 7.66. The lowest BCUT2D eigenvalue weighted by Crippen LogP contribution is -2.38. The topological polar surface area (TPSA) is 63.7 Å². The number of rotatable bonds is 8. The first kappa shape index (κ1) is 16.4. The largest absolute Gasteiger partial charge is 0.468 e. The second-order valence-corrected chi connectivity index (χ2v) is 6.50. The van der Waals surface area contributed by atoms with E-state index < -0.39 is 16.0 Å². The van der Waals surface area contributed by atoms with Gasteiger partial charge in [0.05, 0.1) is 12.9 Å². The summed E-state index contributed by atoms with van der Waals surface area (Å²) in [6.07, 6.45) is 1.28. The molecule has 0 rings (SSSR count). The molecule has 0 bridgehead atoms. The molecule has 0 atom stereocenters. The van der Waals surface area contributed by atoms with E-state index in [1.165, 1.54) is 11.4 Å². The fourth-order valence-electron chi connectivity index (χ4n) is 1.29. The van der Waals surface area contributed by atoms with Crippen molar-refractivity contribution in [1.29, 1.82) is 0 Å². The maximum Gasteiger partial charge on any atom is 0.321 e. The fraction of sp³-hybridized carbons (Fsp3) is 0.909. The predicted molar refractivity (Wildman–Crippen MR) is 67.1 cm³/mol. The molecule has 0 amide bonds. The Balaban J connectivity index is 4.60. The van der Waals surface area contributed by atoms with E-state index >= 15 is 0 Å². The van der Waals surface area contributed by atoms with Crippen LogP contribution in [-0.4, -0.2) is 44.6 Å². The van der Waals surface area contributed by atoms with Crippen LogP contribution in [0.25, 0.3) is 0 Å². The number of methoxy groups -OCH3 is 1. The number of nitrogens with zero attached hydrogens (tertiary/aromatic N) is 1. The Hall–Kier alpha value is -0.620. The van der Waals surface area contributed by atoms with Gasteiger partial charge in [-0.05, 0) is 18.8 Å². The lowest BCUT2D eigenvalue weighted by Gasteiger charge is -2.20. The number of ether oxygens (including phenoxy) is 1. The first-order chi connectivity index (χ1) is 7.83. The van der Waals surface area contributed by atoms with E-state index in [2.05, 4.69) is 4.74 Å². The molecule has 0 saturated carbocycles. The van der Waals surface area contributed by atoms with Gasteiger partial charge in [-0.1, -0.05) is 20.8 Å². The summed E-state index contributed by atoms with van der Waals surface area (Å²) in [6.45, 7) is 5.99. The molecular formula is C11H23NO4S. The Morgan fingerprint density at radius 2 is 1.94 bits per heavy atom. The highest BCUT2D eigenvalue weighted by atomic mass is 32.2. The summed E-state index contributed by atoms with van der Waals surface area (Å²) in [5, 5.41) is 0. The van der Waals surface area contributed by atoms with Gasteiger partial charge < -0.3 is 4.74 Å². The van der Waals surface area contributed by atoms with E-state index in [9.17, 15) is 13.2 Å². The van der Waals surface area contributed by atoms with Gasteiger partial charge in [0.2, 0.25) is 10.0 Å². The van der Waals surface area contributed by atoms with Crippen LogP contribution >= 0.6 is 0 Å². The summed E-state index contributed by atoms with van der Waals surface area (Å²) in [5.74, 6) is -0.111. The molecule has 0 heterocycles. The van der Waals surface area contributed by atoms with Crippen LogP contribution in [0.2, 0.25) is 0 Å². The van der Waals surface area contributed by atoms with Crippen molar-refractivity contribution in [3.8, 4) is 0 Å². The zero-order chi connectivity index (χ0) is 13.5. The molecule has 0 N–H and O–H groups in total. The molecule has 0 aliphatic heterocycles. The van der Waals surface area contributed by atoms with Crippen molar-refractivity contribution in [3.63, 3.8) is 0 Å². The zero-order valence-electron chi connectivity index (χ0n) is 11.1. The fourth-order valence-corrected chi connectivity index (χ4v) is 3.08. The van der Waals surface area contributed by atoms with Crippen molar-refractivity contribution in [3.05, 3.63) is 0 Å². The normalized spacial score (nSPS) is 12.1. The summed E-state index contributed by atoms with van der Waals surface area (Å²) in [5.41, 5.74) is 0. The molecule has 0 radical (unpaired) electrons. The van der Waals surface area contributed by atoms with Crippen LogP contribution in [0, 0.1) is 5.92 Å². The molecule has 6 heteroatoms. The molecule has 0 aromatic carbocycles. The van der Waals surface area contributed by atoms with E-state index in [1.807, 2.05) is 20.8 Å². The summed E-state index contributed by atoms with van der Waals surface area (Å²) >= 11 is 0. The average molecular weight is 265 g/mol. The minimum absolute atomic E-state index is 0.0850. The van der Waals surface area contributed by atoms with Gasteiger partial charge in [-0.25, -0.2) is 8.42 Å². The predicted octanol–water partition coefficient (Wildman–Crippen LogP) is 1.25. The maximum atomic E-state index is 12.0. The summed E-state index contributed by atoms with van der Waals surface area (Å²) in [7, 11) is -2.10. The van der Waals surface area contributed by atoms with Crippen LogP contribution in [-0.2, 0) is 19.6 Å². The van der Waals surface area contributed by atoms with Gasteiger partial charge in [0.25, 0.3) is 0 Å². The first-order valence-corrected chi connectivity index (χ1v) is 7.49. The molecule has 17 heavy (non-hydrogen) atoms. The van der Waals surface area contributed by atoms with Gasteiger partial charge in [0.15, 0.2) is 0 Å². The van der Waals surface area contributed by atoms with Gasteiger partial charge in [-0.15, -0.1) is 0 Å². The number of hydrogen-bond donors (Lipinski definition) is 0. The number of carbonyl (C=O) groups is 1. The standard InChI is InChI=1S/C11H23NO4S/c1-5-7-12(9-11(13)16-4)17(14,15)8-6-10(2)3/h10H,5-9H2,1-4H3. The van der Waals surface area contributed by atoms with Crippen LogP contribution in [0.3, 0.4) is 0 Å². The Bertz CT molecular complexity index is 324. The average Bonchev–Trinajstić information content (AvgIpc) is 2.25. The maximum absolute atomic E-state index is 12.0. The molecule has 102 valence electrons. The molecule has 0 unspecified atom stereocenters. The van der Waals surface area contributed by atoms with Crippen molar-refractivity contribution in [2.24, 2.45) is 5.92 Å². The minimum atomic E-state index is -3.35. The van der Waals surface area contributed by atoms with Crippen LogP contribution in [0.1, 0.15) is 33.6 Å². The third kappa shape index (κ3) is 6.63.